The van der Waals surface area contributed by atoms with Gasteiger partial charge in [-0.1, -0.05) is 17.8 Å². The Bertz CT molecular complexity index is 622. The number of hydrogen-bond acceptors (Lipinski definition) is 4. The second-order valence-corrected chi connectivity index (χ2v) is 5.27. The molecule has 0 fully saturated rings. The van der Waals surface area contributed by atoms with Crippen molar-refractivity contribution in [2.75, 3.05) is 0 Å². The maximum absolute atomic E-state index is 10.9. The third kappa shape index (κ3) is 2.96. The third-order valence-electron chi connectivity index (χ3n) is 3.00. The average molecular weight is 277 g/mol. The summed E-state index contributed by atoms with van der Waals surface area (Å²) >= 11 is 1.59. The van der Waals surface area contributed by atoms with Crippen LogP contribution in [0.5, 0.6) is 0 Å². The van der Waals surface area contributed by atoms with E-state index in [0.717, 1.165) is 27.9 Å². The molecule has 6 heteroatoms. The zero-order valence-corrected chi connectivity index (χ0v) is 11.9. The minimum Gasteiger partial charge on any atom is -0.478 e. The van der Waals surface area contributed by atoms with Gasteiger partial charge in [0.15, 0.2) is 5.16 Å². The van der Waals surface area contributed by atoms with Crippen LogP contribution in [0.25, 0.3) is 0 Å². The summed E-state index contributed by atoms with van der Waals surface area (Å²) in [5.41, 5.74) is 2.41. The quantitative estimate of drug-likeness (QED) is 0.869. The molecule has 0 aliphatic heterocycles. The first kappa shape index (κ1) is 13.6. The molecule has 0 aliphatic rings. The lowest BCUT2D eigenvalue weighted by Gasteiger charge is -2.06. The molecule has 19 heavy (non-hydrogen) atoms. The Hall–Kier alpha value is -1.82. The van der Waals surface area contributed by atoms with Gasteiger partial charge in [0.1, 0.15) is 5.82 Å². The van der Waals surface area contributed by atoms with Gasteiger partial charge in [-0.05, 0) is 37.1 Å². The molecule has 1 aromatic heterocycles. The molecule has 0 bridgehead atoms. The number of hydrogen-bond donors (Lipinski definition) is 1. The van der Waals surface area contributed by atoms with Crippen LogP contribution in [-0.2, 0) is 12.8 Å². The van der Waals surface area contributed by atoms with E-state index in [1.165, 1.54) is 0 Å². The maximum Gasteiger partial charge on any atom is 0.335 e. The molecule has 2 aromatic rings. The number of benzene rings is 1. The lowest BCUT2D eigenvalue weighted by Crippen LogP contribution is -1.99. The number of thioether (sulfide) groups is 1. The number of carboxylic acids is 1. The fraction of sp³-hybridized carbons (Fsp3) is 0.308. The molecule has 1 aromatic carbocycles. The van der Waals surface area contributed by atoms with Crippen molar-refractivity contribution in [2.45, 2.75) is 24.8 Å². The second kappa shape index (κ2) is 5.44. The molecule has 5 nitrogen and oxygen atoms in total. The van der Waals surface area contributed by atoms with Crippen molar-refractivity contribution in [3.8, 4) is 0 Å². The van der Waals surface area contributed by atoms with E-state index in [2.05, 4.69) is 10.2 Å². The molecule has 0 unspecified atom stereocenters. The summed E-state index contributed by atoms with van der Waals surface area (Å²) < 4.78 is 1.94. The van der Waals surface area contributed by atoms with E-state index < -0.39 is 5.97 Å². The minimum atomic E-state index is -0.897. The summed E-state index contributed by atoms with van der Waals surface area (Å²) in [6.45, 7) is 3.83. The largest absolute Gasteiger partial charge is 0.478 e. The molecule has 2 rings (SSSR count). The summed E-state index contributed by atoms with van der Waals surface area (Å²) in [5, 5.41) is 17.9. The second-order valence-electron chi connectivity index (χ2n) is 4.32. The molecule has 0 radical (unpaired) electrons. The third-order valence-corrected chi connectivity index (χ3v) is 4.07. The van der Waals surface area contributed by atoms with Gasteiger partial charge >= 0.3 is 5.97 Å². The summed E-state index contributed by atoms with van der Waals surface area (Å²) in [7, 11) is 1.93. The highest BCUT2D eigenvalue weighted by molar-refractivity contribution is 7.98. The van der Waals surface area contributed by atoms with E-state index in [4.69, 9.17) is 5.11 Å². The first-order valence-corrected chi connectivity index (χ1v) is 6.79. The predicted octanol–water partition coefficient (Wildman–Crippen LogP) is 2.42. The molecule has 0 spiro atoms. The van der Waals surface area contributed by atoms with Crippen molar-refractivity contribution in [1.82, 2.24) is 14.8 Å². The lowest BCUT2D eigenvalue weighted by molar-refractivity contribution is 0.0697. The summed E-state index contributed by atoms with van der Waals surface area (Å²) in [6.07, 6.45) is 0. The molecule has 0 atom stereocenters. The zero-order valence-electron chi connectivity index (χ0n) is 11.0. The summed E-state index contributed by atoms with van der Waals surface area (Å²) in [5.74, 6) is 0.726. The topological polar surface area (TPSA) is 68.0 Å². The Morgan fingerprint density at radius 2 is 2.11 bits per heavy atom. The van der Waals surface area contributed by atoms with Crippen molar-refractivity contribution >= 4 is 17.7 Å². The van der Waals surface area contributed by atoms with Crippen LogP contribution in [0, 0.1) is 13.8 Å². The van der Waals surface area contributed by atoms with E-state index in [9.17, 15) is 4.79 Å². The molecule has 0 amide bonds. The van der Waals surface area contributed by atoms with Crippen molar-refractivity contribution < 1.29 is 9.90 Å². The SMILES string of the molecule is Cc1cc(C(=O)O)ccc1CSc1nnc(C)n1C. The first-order valence-electron chi connectivity index (χ1n) is 5.80. The molecule has 0 saturated carbocycles. The highest BCUT2D eigenvalue weighted by Crippen LogP contribution is 2.23. The van der Waals surface area contributed by atoms with Gasteiger partial charge in [0, 0.05) is 12.8 Å². The van der Waals surface area contributed by atoms with Crippen LogP contribution >= 0.6 is 11.8 Å². The Morgan fingerprint density at radius 1 is 1.37 bits per heavy atom. The van der Waals surface area contributed by atoms with Crippen molar-refractivity contribution in [1.29, 1.82) is 0 Å². The number of aromatic nitrogens is 3. The summed E-state index contributed by atoms with van der Waals surface area (Å²) in [6, 6.07) is 5.18. The van der Waals surface area contributed by atoms with E-state index in [1.54, 1.807) is 23.9 Å². The predicted molar refractivity (Wildman–Crippen MR) is 73.4 cm³/mol. The van der Waals surface area contributed by atoms with E-state index in [-0.39, 0.29) is 0 Å². The van der Waals surface area contributed by atoms with Crippen LogP contribution in [-0.4, -0.2) is 25.8 Å². The van der Waals surface area contributed by atoms with Crippen LogP contribution < -0.4 is 0 Å². The van der Waals surface area contributed by atoms with Gasteiger partial charge in [-0.2, -0.15) is 0 Å². The number of carboxylic acid groups (broad SMARTS) is 1. The van der Waals surface area contributed by atoms with E-state index in [0.29, 0.717) is 5.56 Å². The minimum absolute atomic E-state index is 0.320. The Morgan fingerprint density at radius 3 is 2.63 bits per heavy atom. The fourth-order valence-corrected chi connectivity index (χ4v) is 2.68. The van der Waals surface area contributed by atoms with Crippen LogP contribution in [0.3, 0.4) is 0 Å². The molecular weight excluding hydrogens is 262 g/mol. The van der Waals surface area contributed by atoms with Gasteiger partial charge < -0.3 is 9.67 Å². The number of nitrogens with zero attached hydrogens (tertiary/aromatic N) is 3. The smallest absolute Gasteiger partial charge is 0.335 e. The standard InChI is InChI=1S/C13H15N3O2S/c1-8-6-10(12(17)18)4-5-11(8)7-19-13-15-14-9(2)16(13)3/h4-6H,7H2,1-3H3,(H,17,18). The van der Waals surface area contributed by atoms with Gasteiger partial charge in [-0.25, -0.2) is 4.79 Å². The van der Waals surface area contributed by atoms with E-state index >= 15 is 0 Å². The normalized spacial score (nSPS) is 10.7. The van der Waals surface area contributed by atoms with Gasteiger partial charge in [0.2, 0.25) is 0 Å². The molecule has 1 N–H and O–H groups in total. The average Bonchev–Trinajstić information content (AvgIpc) is 2.68. The van der Waals surface area contributed by atoms with Gasteiger partial charge in [-0.15, -0.1) is 10.2 Å². The first-order chi connectivity index (χ1) is 8.99. The highest BCUT2D eigenvalue weighted by atomic mass is 32.2. The monoisotopic (exact) mass is 277 g/mol. The number of aryl methyl sites for hydroxylation is 2. The molecule has 100 valence electrons. The summed E-state index contributed by atoms with van der Waals surface area (Å²) in [4.78, 5) is 10.9. The number of rotatable bonds is 4. The van der Waals surface area contributed by atoms with Crippen LogP contribution in [0.1, 0.15) is 27.3 Å². The molecular formula is C13H15N3O2S. The van der Waals surface area contributed by atoms with Crippen LogP contribution in [0.15, 0.2) is 23.4 Å². The van der Waals surface area contributed by atoms with Crippen LogP contribution in [0.4, 0.5) is 0 Å². The van der Waals surface area contributed by atoms with Crippen molar-refractivity contribution in [3.63, 3.8) is 0 Å². The van der Waals surface area contributed by atoms with Gasteiger partial charge in [-0.3, -0.25) is 0 Å². The van der Waals surface area contributed by atoms with Gasteiger partial charge in [0.25, 0.3) is 0 Å². The Kier molecular flexibility index (Phi) is 3.90. The number of aromatic carboxylic acids is 1. The lowest BCUT2D eigenvalue weighted by atomic mass is 10.1. The Labute approximate surface area is 115 Å². The highest BCUT2D eigenvalue weighted by Gasteiger charge is 2.09. The van der Waals surface area contributed by atoms with E-state index in [1.807, 2.05) is 31.5 Å². The van der Waals surface area contributed by atoms with Crippen LogP contribution in [0.2, 0.25) is 0 Å². The van der Waals surface area contributed by atoms with Gasteiger partial charge in [0.05, 0.1) is 5.56 Å². The molecule has 0 aliphatic carbocycles. The molecule has 1 heterocycles. The Balaban J connectivity index is 2.12. The number of carbonyl (C=O) groups is 1. The zero-order chi connectivity index (χ0) is 14.0. The fourth-order valence-electron chi connectivity index (χ4n) is 1.65. The maximum atomic E-state index is 10.9. The van der Waals surface area contributed by atoms with Crippen molar-refractivity contribution in [3.05, 3.63) is 40.7 Å². The molecule has 0 saturated heterocycles. The van der Waals surface area contributed by atoms with Crippen molar-refractivity contribution in [2.24, 2.45) is 7.05 Å².